The second-order valence-electron chi connectivity index (χ2n) is 13.0. The van der Waals surface area contributed by atoms with Crippen LogP contribution in [0.25, 0.3) is 0 Å². The zero-order chi connectivity index (χ0) is 28.8. The summed E-state index contributed by atoms with van der Waals surface area (Å²) in [6.45, 7) is 9.29. The van der Waals surface area contributed by atoms with Crippen molar-refractivity contribution in [1.82, 2.24) is 0 Å². The fourth-order valence-electron chi connectivity index (χ4n) is 6.12. The van der Waals surface area contributed by atoms with Gasteiger partial charge in [0.15, 0.2) is 0 Å². The molecule has 0 radical (unpaired) electrons. The molecule has 0 aliphatic rings. The molecule has 0 unspecified atom stereocenters. The summed E-state index contributed by atoms with van der Waals surface area (Å²) in [4.78, 5) is 2.68. The Labute approximate surface area is 253 Å². The Morgan fingerprint density at radius 2 is 0.600 bits per heavy atom. The van der Waals surface area contributed by atoms with Gasteiger partial charge in [-0.15, -0.1) is 0 Å². The van der Waals surface area contributed by atoms with E-state index in [1.807, 2.05) is 0 Å². The van der Waals surface area contributed by atoms with E-state index in [0.717, 1.165) is 0 Å². The number of benzene rings is 1. The first-order chi connectivity index (χ1) is 19.8. The molecule has 0 aliphatic carbocycles. The quantitative estimate of drug-likeness (QED) is 0.0823. The summed E-state index contributed by atoms with van der Waals surface area (Å²) < 4.78 is 0. The lowest BCUT2D eigenvalue weighted by Gasteiger charge is -2.25. The molecular formula is C39H73N. The lowest BCUT2D eigenvalue weighted by Crippen LogP contribution is -2.25. The van der Waals surface area contributed by atoms with Gasteiger partial charge in [0, 0.05) is 18.8 Å². The van der Waals surface area contributed by atoms with E-state index in [1.54, 1.807) is 0 Å². The maximum Gasteiger partial charge on any atom is 0.0366 e. The zero-order valence-electron chi connectivity index (χ0n) is 28.0. The van der Waals surface area contributed by atoms with Gasteiger partial charge in [0.25, 0.3) is 0 Å². The van der Waals surface area contributed by atoms with Gasteiger partial charge in [0.1, 0.15) is 0 Å². The number of nitrogens with zero attached hydrogens (tertiary/aromatic N) is 1. The summed E-state index contributed by atoms with van der Waals surface area (Å²) in [5, 5.41) is 0. The van der Waals surface area contributed by atoms with E-state index in [-0.39, 0.29) is 0 Å². The van der Waals surface area contributed by atoms with E-state index in [0.29, 0.717) is 0 Å². The van der Waals surface area contributed by atoms with Crippen LogP contribution in [0.1, 0.15) is 199 Å². The van der Waals surface area contributed by atoms with E-state index >= 15 is 0 Å². The first-order valence-electron chi connectivity index (χ1n) is 18.6. The van der Waals surface area contributed by atoms with Crippen molar-refractivity contribution in [3.63, 3.8) is 0 Å². The zero-order valence-corrected chi connectivity index (χ0v) is 28.0. The van der Waals surface area contributed by atoms with Crippen LogP contribution in [0.2, 0.25) is 0 Å². The van der Waals surface area contributed by atoms with Crippen molar-refractivity contribution >= 4 is 5.69 Å². The van der Waals surface area contributed by atoms with Crippen molar-refractivity contribution in [2.24, 2.45) is 0 Å². The second-order valence-corrected chi connectivity index (χ2v) is 13.0. The molecule has 234 valence electrons. The molecule has 0 aromatic heterocycles. The molecule has 40 heavy (non-hydrogen) atoms. The molecule has 0 saturated heterocycles. The van der Waals surface area contributed by atoms with Crippen LogP contribution in [-0.2, 0) is 0 Å². The molecule has 0 spiro atoms. The summed E-state index contributed by atoms with van der Waals surface area (Å²) in [7, 11) is 0. The van der Waals surface area contributed by atoms with E-state index in [4.69, 9.17) is 0 Å². The molecule has 0 bridgehead atoms. The molecule has 0 heterocycles. The van der Waals surface area contributed by atoms with Crippen molar-refractivity contribution in [2.75, 3.05) is 18.0 Å². The third kappa shape index (κ3) is 23.7. The Bertz CT molecular complexity index is 606. The molecule has 1 nitrogen and oxygen atoms in total. The maximum atomic E-state index is 2.68. The third-order valence-corrected chi connectivity index (χ3v) is 8.96. The lowest BCUT2D eigenvalue weighted by molar-refractivity contribution is 0.527. The number of rotatable bonds is 31. The summed E-state index contributed by atoms with van der Waals surface area (Å²) >= 11 is 0. The molecule has 0 fully saturated rings. The van der Waals surface area contributed by atoms with Crippen LogP contribution < -0.4 is 4.90 Å². The van der Waals surface area contributed by atoms with Gasteiger partial charge < -0.3 is 4.90 Å². The van der Waals surface area contributed by atoms with Crippen molar-refractivity contribution in [2.45, 2.75) is 201 Å². The first kappa shape index (κ1) is 37.0. The highest BCUT2D eigenvalue weighted by molar-refractivity contribution is 5.47. The number of hydrogen-bond donors (Lipinski definition) is 0. The highest BCUT2D eigenvalue weighted by Gasteiger charge is 2.06. The fourth-order valence-corrected chi connectivity index (χ4v) is 6.12. The number of unbranched alkanes of at least 4 members (excludes halogenated alkanes) is 26. The van der Waals surface area contributed by atoms with Crippen LogP contribution in [0.3, 0.4) is 0 Å². The van der Waals surface area contributed by atoms with Gasteiger partial charge in [-0.1, -0.05) is 198 Å². The molecule has 0 atom stereocenters. The average molecular weight is 556 g/mol. The Hall–Kier alpha value is -0.980. The molecule has 0 N–H and O–H groups in total. The van der Waals surface area contributed by atoms with Gasteiger partial charge >= 0.3 is 0 Å². The minimum Gasteiger partial charge on any atom is -0.372 e. The van der Waals surface area contributed by atoms with Crippen molar-refractivity contribution in [3.05, 3.63) is 29.8 Å². The summed E-state index contributed by atoms with van der Waals surface area (Å²) in [5.74, 6) is 0. The van der Waals surface area contributed by atoms with Crippen LogP contribution in [0.5, 0.6) is 0 Å². The van der Waals surface area contributed by atoms with Crippen LogP contribution >= 0.6 is 0 Å². The van der Waals surface area contributed by atoms with Crippen molar-refractivity contribution < 1.29 is 0 Å². The highest BCUT2D eigenvalue weighted by Crippen LogP contribution is 2.19. The third-order valence-electron chi connectivity index (χ3n) is 8.96. The van der Waals surface area contributed by atoms with Crippen molar-refractivity contribution in [1.29, 1.82) is 0 Å². The van der Waals surface area contributed by atoms with Gasteiger partial charge in [-0.3, -0.25) is 0 Å². The summed E-state index contributed by atoms with van der Waals surface area (Å²) in [6.07, 6.45) is 40.3. The number of hydrogen-bond acceptors (Lipinski definition) is 1. The van der Waals surface area contributed by atoms with Crippen LogP contribution in [0, 0.1) is 6.92 Å². The fraction of sp³-hybridized carbons (Fsp3) is 0.846. The first-order valence-corrected chi connectivity index (χ1v) is 18.6. The van der Waals surface area contributed by atoms with E-state index in [1.165, 1.54) is 204 Å². The van der Waals surface area contributed by atoms with Gasteiger partial charge in [-0.05, 0) is 31.9 Å². The topological polar surface area (TPSA) is 3.24 Å². The maximum absolute atomic E-state index is 2.68. The molecular weight excluding hydrogens is 482 g/mol. The Morgan fingerprint density at radius 1 is 0.350 bits per heavy atom. The Balaban J connectivity index is 2.04. The normalized spacial score (nSPS) is 11.4. The number of aryl methyl sites for hydroxylation is 1. The largest absolute Gasteiger partial charge is 0.372 e. The Morgan fingerprint density at radius 3 is 0.875 bits per heavy atom. The van der Waals surface area contributed by atoms with Crippen molar-refractivity contribution in [3.8, 4) is 0 Å². The van der Waals surface area contributed by atoms with Crippen LogP contribution in [0.15, 0.2) is 24.3 Å². The predicted octanol–water partition coefficient (Wildman–Crippen LogP) is 13.8. The molecule has 0 aliphatic heterocycles. The monoisotopic (exact) mass is 556 g/mol. The predicted molar refractivity (Wildman–Crippen MR) is 184 cm³/mol. The Kier molecular flexibility index (Phi) is 27.3. The molecule has 1 aromatic carbocycles. The lowest BCUT2D eigenvalue weighted by atomic mass is 10.0. The second kappa shape index (κ2) is 29.5. The average Bonchev–Trinajstić information content (AvgIpc) is 2.97. The minimum atomic E-state index is 1.24. The molecule has 1 aromatic rings. The molecule has 1 rings (SSSR count). The van der Waals surface area contributed by atoms with E-state index in [9.17, 15) is 0 Å². The highest BCUT2D eigenvalue weighted by atomic mass is 15.1. The van der Waals surface area contributed by atoms with Gasteiger partial charge in [0.05, 0.1) is 0 Å². The van der Waals surface area contributed by atoms with Crippen LogP contribution in [-0.4, -0.2) is 13.1 Å². The SMILES string of the molecule is CCCCCCCCCCCCCCCCCCN(CCCCCCCCCCCCCC)c1ccc(C)cc1. The molecule has 0 amide bonds. The van der Waals surface area contributed by atoms with Crippen LogP contribution in [0.4, 0.5) is 5.69 Å². The molecule has 0 saturated carbocycles. The van der Waals surface area contributed by atoms with E-state index < -0.39 is 0 Å². The van der Waals surface area contributed by atoms with Gasteiger partial charge in [-0.25, -0.2) is 0 Å². The van der Waals surface area contributed by atoms with Gasteiger partial charge in [0.2, 0.25) is 0 Å². The smallest absolute Gasteiger partial charge is 0.0366 e. The summed E-state index contributed by atoms with van der Waals surface area (Å²) in [6, 6.07) is 9.28. The summed E-state index contributed by atoms with van der Waals surface area (Å²) in [5.41, 5.74) is 2.81. The standard InChI is InChI=1S/C39H73N/c1-4-6-8-10-12-14-16-18-19-20-21-23-25-27-29-31-37-40(39-34-32-38(3)33-35-39)36-30-28-26-24-22-17-15-13-11-9-7-5-2/h32-35H,4-31,36-37H2,1-3H3. The minimum absolute atomic E-state index is 1.24. The molecule has 1 heteroatoms. The van der Waals surface area contributed by atoms with Gasteiger partial charge in [-0.2, -0.15) is 0 Å². The number of anilines is 1. The van der Waals surface area contributed by atoms with E-state index in [2.05, 4.69) is 49.9 Å².